The van der Waals surface area contributed by atoms with E-state index in [0.29, 0.717) is 12.5 Å². The molecule has 1 saturated heterocycles. The number of hydrogen-bond acceptors (Lipinski definition) is 4. The lowest BCUT2D eigenvalue weighted by Gasteiger charge is -2.29. The Bertz CT molecular complexity index is 233. The topological polar surface area (TPSA) is 32.8 Å². The largest absolute Gasteiger partial charge is 0.469 e. The Labute approximate surface area is 105 Å². The molecule has 0 aromatic carbocycles. The first-order valence-electron chi connectivity index (χ1n) is 6.66. The number of rotatable bonds is 5. The minimum absolute atomic E-state index is 0.0926. The highest BCUT2D eigenvalue weighted by molar-refractivity contribution is 5.69. The summed E-state index contributed by atoms with van der Waals surface area (Å²) in [5.74, 6) is -0.0926. The average molecular weight is 242 g/mol. The number of methoxy groups -OCH3 is 1. The monoisotopic (exact) mass is 242 g/mol. The summed E-state index contributed by atoms with van der Waals surface area (Å²) in [5, 5.41) is 0. The number of nitrogens with zero attached hydrogens (tertiary/aromatic N) is 2. The van der Waals surface area contributed by atoms with Crippen LogP contribution < -0.4 is 0 Å². The van der Waals surface area contributed by atoms with Gasteiger partial charge in [-0.1, -0.05) is 6.92 Å². The first-order chi connectivity index (χ1) is 8.17. The maximum Gasteiger partial charge on any atom is 0.305 e. The molecule has 0 N–H and O–H groups in total. The zero-order chi connectivity index (χ0) is 12.7. The third-order valence-corrected chi connectivity index (χ3v) is 3.55. The van der Waals surface area contributed by atoms with Crippen LogP contribution in [0.25, 0.3) is 0 Å². The molecule has 1 rings (SSSR count). The highest BCUT2D eigenvalue weighted by atomic mass is 16.5. The van der Waals surface area contributed by atoms with E-state index in [1.807, 2.05) is 0 Å². The first kappa shape index (κ1) is 14.5. The van der Waals surface area contributed by atoms with E-state index in [4.69, 9.17) is 0 Å². The van der Waals surface area contributed by atoms with Crippen LogP contribution in [0.2, 0.25) is 0 Å². The van der Waals surface area contributed by atoms with E-state index in [0.717, 1.165) is 26.1 Å². The molecule has 0 amide bonds. The smallest absolute Gasteiger partial charge is 0.305 e. The molecular formula is C13H26N2O2. The van der Waals surface area contributed by atoms with Crippen LogP contribution in [0.1, 0.15) is 32.6 Å². The lowest BCUT2D eigenvalue weighted by molar-refractivity contribution is -0.140. The van der Waals surface area contributed by atoms with E-state index in [9.17, 15) is 4.79 Å². The van der Waals surface area contributed by atoms with Crippen LogP contribution in [0.15, 0.2) is 0 Å². The Hall–Kier alpha value is -0.610. The van der Waals surface area contributed by atoms with Crippen LogP contribution in [-0.4, -0.2) is 62.1 Å². The van der Waals surface area contributed by atoms with Crippen molar-refractivity contribution in [1.82, 2.24) is 9.80 Å². The van der Waals surface area contributed by atoms with Gasteiger partial charge in [-0.15, -0.1) is 0 Å². The average Bonchev–Trinajstić information content (AvgIpc) is 2.50. The van der Waals surface area contributed by atoms with Crippen molar-refractivity contribution < 1.29 is 9.53 Å². The highest BCUT2D eigenvalue weighted by Gasteiger charge is 2.21. The predicted molar refractivity (Wildman–Crippen MR) is 69.0 cm³/mol. The molecule has 1 heterocycles. The first-order valence-corrected chi connectivity index (χ1v) is 6.66. The zero-order valence-corrected chi connectivity index (χ0v) is 11.4. The summed E-state index contributed by atoms with van der Waals surface area (Å²) in [5.41, 5.74) is 0. The van der Waals surface area contributed by atoms with E-state index in [1.165, 1.54) is 26.5 Å². The number of hydrogen-bond donors (Lipinski definition) is 0. The second kappa shape index (κ2) is 7.67. The van der Waals surface area contributed by atoms with Crippen LogP contribution in [0.5, 0.6) is 0 Å². The standard InChI is InChI=1S/C13H26N2O2/c1-4-12-11-14(2)8-6-10-15(12)9-5-7-13(16)17-3/h12H,4-11H2,1-3H3. The van der Waals surface area contributed by atoms with Gasteiger partial charge in [0.15, 0.2) is 0 Å². The van der Waals surface area contributed by atoms with Gasteiger partial charge in [-0.3, -0.25) is 9.69 Å². The van der Waals surface area contributed by atoms with Crippen molar-refractivity contribution in [2.24, 2.45) is 0 Å². The Balaban J connectivity index is 2.35. The molecule has 17 heavy (non-hydrogen) atoms. The molecule has 0 aromatic heterocycles. The Morgan fingerprint density at radius 3 is 2.82 bits per heavy atom. The van der Waals surface area contributed by atoms with Gasteiger partial charge in [-0.25, -0.2) is 0 Å². The lowest BCUT2D eigenvalue weighted by Crippen LogP contribution is -2.40. The summed E-state index contributed by atoms with van der Waals surface area (Å²) in [6.07, 6.45) is 3.86. The third-order valence-electron chi connectivity index (χ3n) is 3.55. The molecule has 0 saturated carbocycles. The van der Waals surface area contributed by atoms with Gasteiger partial charge >= 0.3 is 5.97 Å². The second-order valence-corrected chi connectivity index (χ2v) is 4.89. The molecule has 4 heteroatoms. The van der Waals surface area contributed by atoms with Gasteiger partial charge in [0.1, 0.15) is 0 Å². The van der Waals surface area contributed by atoms with Crippen molar-refractivity contribution in [3.05, 3.63) is 0 Å². The predicted octanol–water partition coefficient (Wildman–Crippen LogP) is 1.36. The highest BCUT2D eigenvalue weighted by Crippen LogP contribution is 2.12. The zero-order valence-electron chi connectivity index (χ0n) is 11.4. The quantitative estimate of drug-likeness (QED) is 0.681. The van der Waals surface area contributed by atoms with Crippen molar-refractivity contribution in [3.63, 3.8) is 0 Å². The fraction of sp³-hybridized carbons (Fsp3) is 0.923. The van der Waals surface area contributed by atoms with E-state index < -0.39 is 0 Å². The summed E-state index contributed by atoms with van der Waals surface area (Å²) in [6.45, 7) is 6.75. The summed E-state index contributed by atoms with van der Waals surface area (Å²) in [7, 11) is 3.65. The van der Waals surface area contributed by atoms with Crippen molar-refractivity contribution >= 4 is 5.97 Å². The van der Waals surface area contributed by atoms with E-state index in [2.05, 4.69) is 28.5 Å². The van der Waals surface area contributed by atoms with Crippen LogP contribution >= 0.6 is 0 Å². The van der Waals surface area contributed by atoms with Gasteiger partial charge in [0.2, 0.25) is 0 Å². The summed E-state index contributed by atoms with van der Waals surface area (Å²) >= 11 is 0. The van der Waals surface area contributed by atoms with E-state index >= 15 is 0 Å². The van der Waals surface area contributed by atoms with Gasteiger partial charge in [-0.05, 0) is 45.9 Å². The molecule has 0 aliphatic carbocycles. The Morgan fingerprint density at radius 2 is 2.18 bits per heavy atom. The van der Waals surface area contributed by atoms with Gasteiger partial charge in [-0.2, -0.15) is 0 Å². The summed E-state index contributed by atoms with van der Waals surface area (Å²) < 4.78 is 4.67. The maximum atomic E-state index is 11.1. The number of ether oxygens (including phenoxy) is 1. The Kier molecular flexibility index (Phi) is 6.52. The third kappa shape index (κ3) is 5.04. The molecule has 0 bridgehead atoms. The fourth-order valence-corrected chi connectivity index (χ4v) is 2.50. The van der Waals surface area contributed by atoms with Crippen molar-refractivity contribution in [3.8, 4) is 0 Å². The molecule has 1 aliphatic heterocycles. The van der Waals surface area contributed by atoms with Gasteiger partial charge in [0.05, 0.1) is 7.11 Å². The van der Waals surface area contributed by atoms with Crippen molar-refractivity contribution in [2.75, 3.05) is 40.3 Å². The molecular weight excluding hydrogens is 216 g/mol. The summed E-state index contributed by atoms with van der Waals surface area (Å²) in [4.78, 5) is 16.0. The lowest BCUT2D eigenvalue weighted by atomic mass is 10.1. The summed E-state index contributed by atoms with van der Waals surface area (Å²) in [6, 6.07) is 0.639. The van der Waals surface area contributed by atoms with Crippen LogP contribution in [0, 0.1) is 0 Å². The SMILES string of the molecule is CCC1CN(C)CCCN1CCCC(=O)OC. The van der Waals surface area contributed by atoms with Gasteiger partial charge in [0, 0.05) is 19.0 Å². The second-order valence-electron chi connectivity index (χ2n) is 4.89. The molecule has 1 fully saturated rings. The molecule has 0 aromatic rings. The number of esters is 1. The molecule has 100 valence electrons. The molecule has 1 atom stereocenters. The molecule has 4 nitrogen and oxygen atoms in total. The van der Waals surface area contributed by atoms with E-state index in [-0.39, 0.29) is 5.97 Å². The number of carbonyl (C=O) groups is 1. The Morgan fingerprint density at radius 1 is 1.41 bits per heavy atom. The molecule has 0 radical (unpaired) electrons. The molecule has 1 unspecified atom stereocenters. The minimum Gasteiger partial charge on any atom is -0.469 e. The normalized spacial score (nSPS) is 23.4. The minimum atomic E-state index is -0.0926. The molecule has 1 aliphatic rings. The van der Waals surface area contributed by atoms with Crippen LogP contribution in [0.3, 0.4) is 0 Å². The molecule has 0 spiro atoms. The van der Waals surface area contributed by atoms with Crippen molar-refractivity contribution in [1.29, 1.82) is 0 Å². The van der Waals surface area contributed by atoms with Gasteiger partial charge < -0.3 is 9.64 Å². The van der Waals surface area contributed by atoms with E-state index in [1.54, 1.807) is 0 Å². The fourth-order valence-electron chi connectivity index (χ4n) is 2.50. The van der Waals surface area contributed by atoms with Crippen molar-refractivity contribution in [2.45, 2.75) is 38.6 Å². The van der Waals surface area contributed by atoms with Crippen LogP contribution in [-0.2, 0) is 9.53 Å². The number of carbonyl (C=O) groups excluding carboxylic acids is 1. The number of likely N-dealkylation sites (N-methyl/N-ethyl adjacent to an activating group) is 1. The maximum absolute atomic E-state index is 11.1. The van der Waals surface area contributed by atoms with Crippen LogP contribution in [0.4, 0.5) is 0 Å². The van der Waals surface area contributed by atoms with Gasteiger partial charge in [0.25, 0.3) is 0 Å².